The third-order valence-corrected chi connectivity index (χ3v) is 7.37. The predicted octanol–water partition coefficient (Wildman–Crippen LogP) is 3.18. The fourth-order valence-electron chi connectivity index (χ4n) is 3.60. The van der Waals surface area contributed by atoms with Crippen LogP contribution in [0.3, 0.4) is 0 Å². The van der Waals surface area contributed by atoms with E-state index in [4.69, 9.17) is 9.47 Å². The van der Waals surface area contributed by atoms with E-state index in [1.54, 1.807) is 12.1 Å². The van der Waals surface area contributed by atoms with Gasteiger partial charge in [-0.1, -0.05) is 36.4 Å². The molecule has 34 heavy (non-hydrogen) atoms. The number of carbonyl (C=O) groups excluding carboxylic acids is 2. The van der Waals surface area contributed by atoms with Gasteiger partial charge in [-0.3, -0.25) is 4.79 Å². The maximum atomic E-state index is 14.4. The molecule has 1 saturated heterocycles. The van der Waals surface area contributed by atoms with Crippen LogP contribution < -0.4 is 5.32 Å². The van der Waals surface area contributed by atoms with E-state index in [1.807, 2.05) is 30.3 Å². The Kier molecular flexibility index (Phi) is 6.92. The minimum absolute atomic E-state index is 0.0851. The lowest BCUT2D eigenvalue weighted by Gasteiger charge is -2.26. The summed E-state index contributed by atoms with van der Waals surface area (Å²) in [7, 11) is -4.16. The van der Waals surface area contributed by atoms with Crippen molar-refractivity contribution >= 4 is 38.4 Å². The third kappa shape index (κ3) is 4.93. The average molecular weight is 487 g/mol. The maximum Gasteiger partial charge on any atom is 0.338 e. The van der Waals surface area contributed by atoms with E-state index in [0.29, 0.717) is 5.69 Å². The summed E-state index contributed by atoms with van der Waals surface area (Å²) in [6.07, 6.45) is -1.18. The molecule has 1 amide bonds. The van der Waals surface area contributed by atoms with Gasteiger partial charge in [-0.15, -0.1) is 0 Å². The molecule has 0 aromatic heterocycles. The van der Waals surface area contributed by atoms with Crippen molar-refractivity contribution in [3.8, 4) is 0 Å². The Balaban J connectivity index is 1.49. The number of hydrogen-bond donors (Lipinski definition) is 1. The summed E-state index contributed by atoms with van der Waals surface area (Å²) in [5.41, 5.74) is 0.379. The number of nitrogens with zero attached hydrogens (tertiary/aromatic N) is 1. The van der Waals surface area contributed by atoms with Gasteiger partial charge in [0.15, 0.2) is 6.10 Å². The van der Waals surface area contributed by atoms with Crippen LogP contribution in [0.1, 0.15) is 17.3 Å². The van der Waals surface area contributed by atoms with Crippen LogP contribution in [0.4, 0.5) is 10.1 Å². The molecule has 8 nitrogen and oxygen atoms in total. The number of esters is 1. The van der Waals surface area contributed by atoms with Crippen molar-refractivity contribution < 1.29 is 31.9 Å². The number of rotatable bonds is 6. The first-order valence-electron chi connectivity index (χ1n) is 10.6. The molecule has 1 aliphatic rings. The molecule has 3 aromatic carbocycles. The van der Waals surface area contributed by atoms with Crippen molar-refractivity contribution in [1.29, 1.82) is 0 Å². The minimum atomic E-state index is -4.16. The number of anilines is 1. The Morgan fingerprint density at radius 2 is 1.76 bits per heavy atom. The number of ether oxygens (including phenoxy) is 2. The molecule has 10 heteroatoms. The van der Waals surface area contributed by atoms with E-state index in [2.05, 4.69) is 5.32 Å². The van der Waals surface area contributed by atoms with Crippen LogP contribution in [0, 0.1) is 5.82 Å². The highest BCUT2D eigenvalue weighted by Crippen LogP contribution is 2.24. The smallest absolute Gasteiger partial charge is 0.338 e. The highest BCUT2D eigenvalue weighted by atomic mass is 32.2. The molecule has 1 N–H and O–H groups in total. The number of benzene rings is 3. The zero-order chi connectivity index (χ0) is 24.3. The van der Waals surface area contributed by atoms with E-state index in [1.165, 1.54) is 6.92 Å². The maximum absolute atomic E-state index is 14.4. The van der Waals surface area contributed by atoms with Gasteiger partial charge in [0.25, 0.3) is 5.91 Å². The predicted molar refractivity (Wildman–Crippen MR) is 123 cm³/mol. The molecule has 4 rings (SSSR count). The van der Waals surface area contributed by atoms with Crippen LogP contribution in [0.25, 0.3) is 10.8 Å². The van der Waals surface area contributed by atoms with E-state index >= 15 is 0 Å². The Morgan fingerprint density at radius 1 is 1.06 bits per heavy atom. The quantitative estimate of drug-likeness (QED) is 0.537. The molecular weight excluding hydrogens is 463 g/mol. The number of sulfonamides is 1. The molecule has 1 fully saturated rings. The van der Waals surface area contributed by atoms with Crippen LogP contribution in [-0.4, -0.2) is 57.0 Å². The number of morpholine rings is 1. The first-order valence-corrected chi connectivity index (χ1v) is 12.1. The van der Waals surface area contributed by atoms with Crippen LogP contribution in [0.15, 0.2) is 65.6 Å². The number of carbonyl (C=O) groups is 2. The van der Waals surface area contributed by atoms with Crippen molar-refractivity contribution in [2.75, 3.05) is 31.6 Å². The summed E-state index contributed by atoms with van der Waals surface area (Å²) < 4.78 is 51.5. The van der Waals surface area contributed by atoms with E-state index < -0.39 is 38.7 Å². The minimum Gasteiger partial charge on any atom is -0.449 e. The number of hydrogen-bond acceptors (Lipinski definition) is 6. The second-order valence-corrected chi connectivity index (χ2v) is 9.63. The van der Waals surface area contributed by atoms with E-state index in [-0.39, 0.29) is 31.9 Å². The van der Waals surface area contributed by atoms with E-state index in [0.717, 1.165) is 33.3 Å². The SMILES string of the molecule is CC(OC(=O)c1ccc(F)c(S(=O)(=O)N2CCOCC2)c1)C(=O)Nc1cccc2ccccc12. The fraction of sp³-hybridized carbons (Fsp3) is 0.250. The van der Waals surface area contributed by atoms with Gasteiger partial charge in [-0.25, -0.2) is 17.6 Å². The molecule has 0 aliphatic carbocycles. The third-order valence-electron chi connectivity index (χ3n) is 5.46. The number of nitrogens with one attached hydrogen (secondary N) is 1. The van der Waals surface area contributed by atoms with Crippen molar-refractivity contribution in [3.63, 3.8) is 0 Å². The van der Waals surface area contributed by atoms with Gasteiger partial charge in [0.05, 0.1) is 18.8 Å². The summed E-state index contributed by atoms with van der Waals surface area (Å²) in [6.45, 7) is 1.97. The van der Waals surface area contributed by atoms with Crippen molar-refractivity contribution in [1.82, 2.24) is 4.31 Å². The summed E-state index contributed by atoms with van der Waals surface area (Å²) in [4.78, 5) is 24.7. The molecule has 0 saturated carbocycles. The molecule has 3 aromatic rings. The number of fused-ring (bicyclic) bond motifs is 1. The summed E-state index contributed by atoms with van der Waals surface area (Å²) in [5.74, 6) is -2.49. The lowest BCUT2D eigenvalue weighted by atomic mass is 10.1. The van der Waals surface area contributed by atoms with Gasteiger partial charge < -0.3 is 14.8 Å². The molecule has 1 heterocycles. The van der Waals surface area contributed by atoms with Crippen LogP contribution in [-0.2, 0) is 24.3 Å². The summed E-state index contributed by atoms with van der Waals surface area (Å²) in [5, 5.41) is 4.50. The Hall–Kier alpha value is -3.34. The molecule has 1 unspecified atom stereocenters. The Labute approximate surface area is 196 Å². The molecule has 1 atom stereocenters. The summed E-state index contributed by atoms with van der Waals surface area (Å²) >= 11 is 0. The average Bonchev–Trinajstić information content (AvgIpc) is 2.84. The van der Waals surface area contributed by atoms with Gasteiger partial charge in [0.2, 0.25) is 10.0 Å². The molecule has 178 valence electrons. The zero-order valence-corrected chi connectivity index (χ0v) is 19.2. The second-order valence-electron chi connectivity index (χ2n) is 7.73. The normalized spacial score (nSPS) is 15.6. The molecule has 0 spiro atoms. The van der Waals surface area contributed by atoms with Crippen molar-refractivity contribution in [2.45, 2.75) is 17.9 Å². The van der Waals surface area contributed by atoms with Crippen LogP contribution in [0.2, 0.25) is 0 Å². The van der Waals surface area contributed by atoms with Gasteiger partial charge in [-0.05, 0) is 36.6 Å². The molecule has 0 radical (unpaired) electrons. The van der Waals surface area contributed by atoms with Gasteiger partial charge in [0.1, 0.15) is 10.7 Å². The van der Waals surface area contributed by atoms with Gasteiger partial charge in [-0.2, -0.15) is 4.31 Å². The Bertz CT molecular complexity index is 1330. The number of halogens is 1. The lowest BCUT2D eigenvalue weighted by Crippen LogP contribution is -2.41. The highest BCUT2D eigenvalue weighted by molar-refractivity contribution is 7.89. The highest BCUT2D eigenvalue weighted by Gasteiger charge is 2.30. The van der Waals surface area contributed by atoms with Crippen LogP contribution >= 0.6 is 0 Å². The standard InChI is InChI=1S/C24H23FN2O6S/c1-16(23(28)26-21-8-4-6-17-5-2-3-7-19(17)21)33-24(29)18-9-10-20(25)22(15-18)34(30,31)27-11-13-32-14-12-27/h2-10,15-16H,11-14H2,1H3,(H,26,28). The molecule has 0 bridgehead atoms. The first-order chi connectivity index (χ1) is 16.3. The topological polar surface area (TPSA) is 102 Å². The second kappa shape index (κ2) is 9.88. The van der Waals surface area contributed by atoms with Gasteiger partial charge >= 0.3 is 5.97 Å². The lowest BCUT2D eigenvalue weighted by molar-refractivity contribution is -0.123. The monoisotopic (exact) mass is 486 g/mol. The summed E-state index contributed by atoms with van der Waals surface area (Å²) in [6, 6.07) is 15.9. The molecule has 1 aliphatic heterocycles. The largest absolute Gasteiger partial charge is 0.449 e. The fourth-order valence-corrected chi connectivity index (χ4v) is 5.10. The van der Waals surface area contributed by atoms with Crippen molar-refractivity contribution in [2.24, 2.45) is 0 Å². The zero-order valence-electron chi connectivity index (χ0n) is 18.4. The first kappa shape index (κ1) is 23.8. The van der Waals surface area contributed by atoms with Crippen LogP contribution in [0.5, 0.6) is 0 Å². The Morgan fingerprint density at radius 3 is 2.53 bits per heavy atom. The molecular formula is C24H23FN2O6S. The number of amides is 1. The van der Waals surface area contributed by atoms with Crippen molar-refractivity contribution in [3.05, 3.63) is 72.0 Å². The van der Waals surface area contributed by atoms with E-state index in [9.17, 15) is 22.4 Å². The van der Waals surface area contributed by atoms with Gasteiger partial charge in [0, 0.05) is 24.2 Å².